The van der Waals surface area contributed by atoms with Crippen molar-refractivity contribution in [1.29, 1.82) is 0 Å². The molecule has 0 spiro atoms. The van der Waals surface area contributed by atoms with E-state index >= 15 is 0 Å². The maximum Gasteiger partial charge on any atom is 0.251 e. The van der Waals surface area contributed by atoms with E-state index in [0.29, 0.717) is 29.5 Å². The van der Waals surface area contributed by atoms with Crippen LogP contribution in [0.2, 0.25) is 5.02 Å². The van der Waals surface area contributed by atoms with Gasteiger partial charge in [-0.3, -0.25) is 4.79 Å². The van der Waals surface area contributed by atoms with Crippen molar-refractivity contribution in [3.63, 3.8) is 0 Å². The molecule has 0 saturated carbocycles. The summed E-state index contributed by atoms with van der Waals surface area (Å²) in [6.45, 7) is 4.47. The van der Waals surface area contributed by atoms with Crippen LogP contribution in [0.25, 0.3) is 5.69 Å². The number of rotatable bonds is 7. The summed E-state index contributed by atoms with van der Waals surface area (Å²) in [6, 6.07) is 14.4. The number of carbonyl (C=O) groups is 1. The molecular weight excluding hydrogens is 416 g/mol. The summed E-state index contributed by atoms with van der Waals surface area (Å²) in [6.07, 6.45) is 3.59. The number of ether oxygens (including phenoxy) is 1. The van der Waals surface area contributed by atoms with E-state index in [4.69, 9.17) is 20.9 Å². The predicted molar refractivity (Wildman–Crippen MR) is 116 cm³/mol. The minimum atomic E-state index is -0.170. The van der Waals surface area contributed by atoms with Crippen LogP contribution in [0.3, 0.4) is 0 Å². The average Bonchev–Trinajstić information content (AvgIpc) is 3.38. The van der Waals surface area contributed by atoms with E-state index in [-0.39, 0.29) is 5.91 Å². The Morgan fingerprint density at radius 2 is 1.87 bits per heavy atom. The molecule has 8 heteroatoms. The van der Waals surface area contributed by atoms with Crippen LogP contribution in [0.5, 0.6) is 5.75 Å². The number of aryl methyl sites for hydroxylation is 2. The zero-order valence-corrected chi connectivity index (χ0v) is 17.9. The van der Waals surface area contributed by atoms with Crippen LogP contribution in [0.4, 0.5) is 0 Å². The lowest BCUT2D eigenvalue weighted by Crippen LogP contribution is -2.22. The summed E-state index contributed by atoms with van der Waals surface area (Å²) >= 11 is 5.92. The second-order valence-electron chi connectivity index (χ2n) is 7.07. The van der Waals surface area contributed by atoms with E-state index in [0.717, 1.165) is 28.3 Å². The van der Waals surface area contributed by atoms with Gasteiger partial charge in [-0.25, -0.2) is 4.68 Å². The van der Waals surface area contributed by atoms with Gasteiger partial charge in [0.2, 0.25) is 0 Å². The zero-order valence-electron chi connectivity index (χ0n) is 17.1. The van der Waals surface area contributed by atoms with Crippen LogP contribution in [0.1, 0.15) is 32.9 Å². The van der Waals surface area contributed by atoms with Crippen molar-refractivity contribution in [2.45, 2.75) is 27.0 Å². The second-order valence-corrected chi connectivity index (χ2v) is 7.50. The molecule has 4 rings (SSSR count). The molecule has 2 aromatic carbocycles. The number of benzene rings is 2. The Bertz CT molecular complexity index is 1160. The molecule has 0 aliphatic rings. The molecule has 2 heterocycles. The first kappa shape index (κ1) is 20.7. The largest absolute Gasteiger partial charge is 0.489 e. The normalized spacial score (nSPS) is 10.8. The molecule has 0 aliphatic carbocycles. The molecule has 0 bridgehead atoms. The molecule has 4 aromatic rings. The molecule has 1 amide bonds. The molecule has 158 valence electrons. The smallest absolute Gasteiger partial charge is 0.251 e. The van der Waals surface area contributed by atoms with E-state index in [2.05, 4.69) is 15.6 Å². The summed E-state index contributed by atoms with van der Waals surface area (Å²) in [7, 11) is 0. The summed E-state index contributed by atoms with van der Waals surface area (Å²) in [4.78, 5) is 12.5. The van der Waals surface area contributed by atoms with Crippen molar-refractivity contribution in [1.82, 2.24) is 20.3 Å². The Labute approximate surface area is 184 Å². The monoisotopic (exact) mass is 436 g/mol. The Morgan fingerprint density at radius 3 is 2.55 bits per heavy atom. The van der Waals surface area contributed by atoms with Crippen molar-refractivity contribution in [3.05, 3.63) is 94.1 Å². The highest BCUT2D eigenvalue weighted by Crippen LogP contribution is 2.18. The fraction of sp³-hybridized carbons (Fsp3) is 0.174. The van der Waals surface area contributed by atoms with Crippen LogP contribution in [-0.2, 0) is 13.2 Å². The van der Waals surface area contributed by atoms with Gasteiger partial charge in [0, 0.05) is 28.9 Å². The molecular formula is C23H21ClN4O3. The van der Waals surface area contributed by atoms with Crippen molar-refractivity contribution in [2.24, 2.45) is 0 Å². The van der Waals surface area contributed by atoms with Gasteiger partial charge in [-0.05, 0) is 62.4 Å². The average molecular weight is 437 g/mol. The molecule has 31 heavy (non-hydrogen) atoms. The number of nitrogens with one attached hydrogen (secondary N) is 1. The second kappa shape index (κ2) is 9.06. The van der Waals surface area contributed by atoms with E-state index in [1.54, 1.807) is 35.1 Å². The Balaban J connectivity index is 1.31. The maximum atomic E-state index is 12.5. The van der Waals surface area contributed by atoms with E-state index in [9.17, 15) is 4.79 Å². The van der Waals surface area contributed by atoms with Crippen LogP contribution in [0.15, 0.2) is 65.4 Å². The number of nitrogens with zero attached hydrogens (tertiary/aromatic N) is 3. The van der Waals surface area contributed by atoms with Crippen LogP contribution in [0, 0.1) is 13.8 Å². The highest BCUT2D eigenvalue weighted by molar-refractivity contribution is 6.30. The lowest BCUT2D eigenvalue weighted by molar-refractivity contribution is 0.0951. The van der Waals surface area contributed by atoms with Gasteiger partial charge in [0.05, 0.1) is 23.1 Å². The van der Waals surface area contributed by atoms with Crippen molar-refractivity contribution in [3.8, 4) is 11.4 Å². The molecule has 0 atom stereocenters. The number of amides is 1. The third kappa shape index (κ3) is 4.95. The molecule has 0 saturated heterocycles. The molecule has 2 aromatic heterocycles. The SMILES string of the molecule is Cc1noc(C)c1COc1ccc(C(=O)NCc2cnn(-c3ccc(Cl)cc3)c2)cc1. The molecule has 0 fully saturated rings. The minimum absolute atomic E-state index is 0.170. The quantitative estimate of drug-likeness (QED) is 0.456. The third-order valence-electron chi connectivity index (χ3n) is 4.86. The molecule has 0 radical (unpaired) electrons. The maximum absolute atomic E-state index is 12.5. The van der Waals surface area contributed by atoms with Gasteiger partial charge in [-0.15, -0.1) is 0 Å². The van der Waals surface area contributed by atoms with Gasteiger partial charge < -0.3 is 14.6 Å². The van der Waals surface area contributed by atoms with Gasteiger partial charge in [0.1, 0.15) is 18.1 Å². The van der Waals surface area contributed by atoms with Crippen LogP contribution in [-0.4, -0.2) is 20.8 Å². The lowest BCUT2D eigenvalue weighted by Gasteiger charge is -2.07. The topological polar surface area (TPSA) is 82.2 Å². The van der Waals surface area contributed by atoms with Gasteiger partial charge in [0.25, 0.3) is 5.91 Å². The van der Waals surface area contributed by atoms with Crippen LogP contribution < -0.4 is 10.1 Å². The van der Waals surface area contributed by atoms with Crippen LogP contribution >= 0.6 is 11.6 Å². The third-order valence-corrected chi connectivity index (χ3v) is 5.11. The molecule has 7 nitrogen and oxygen atoms in total. The van der Waals surface area contributed by atoms with E-state index in [1.807, 2.05) is 44.3 Å². The van der Waals surface area contributed by atoms with Gasteiger partial charge in [-0.2, -0.15) is 5.10 Å². The highest BCUT2D eigenvalue weighted by Gasteiger charge is 2.11. The first-order valence-corrected chi connectivity index (χ1v) is 10.1. The van der Waals surface area contributed by atoms with E-state index < -0.39 is 0 Å². The summed E-state index contributed by atoms with van der Waals surface area (Å²) < 4.78 is 12.7. The van der Waals surface area contributed by atoms with Crippen molar-refractivity contribution < 1.29 is 14.1 Å². The fourth-order valence-corrected chi connectivity index (χ4v) is 3.16. The Morgan fingerprint density at radius 1 is 1.13 bits per heavy atom. The Hall–Kier alpha value is -3.58. The highest BCUT2D eigenvalue weighted by atomic mass is 35.5. The fourth-order valence-electron chi connectivity index (χ4n) is 3.04. The zero-order chi connectivity index (χ0) is 21.8. The summed E-state index contributed by atoms with van der Waals surface area (Å²) in [5.41, 5.74) is 4.08. The first-order valence-electron chi connectivity index (χ1n) is 9.72. The van der Waals surface area contributed by atoms with Crippen molar-refractivity contribution >= 4 is 17.5 Å². The Kier molecular flexibility index (Phi) is 6.04. The molecule has 0 unspecified atom stereocenters. The van der Waals surface area contributed by atoms with Gasteiger partial charge >= 0.3 is 0 Å². The summed E-state index contributed by atoms with van der Waals surface area (Å²) in [5.74, 6) is 1.24. The lowest BCUT2D eigenvalue weighted by atomic mass is 10.2. The first-order chi connectivity index (χ1) is 15.0. The molecule has 0 aliphatic heterocycles. The van der Waals surface area contributed by atoms with Crippen molar-refractivity contribution in [2.75, 3.05) is 0 Å². The summed E-state index contributed by atoms with van der Waals surface area (Å²) in [5, 5.41) is 11.8. The minimum Gasteiger partial charge on any atom is -0.489 e. The standard InChI is InChI=1S/C23H21ClN4O3/c1-15-22(16(2)31-27-15)14-30-21-9-3-18(4-10-21)23(29)25-11-17-12-26-28(13-17)20-7-5-19(24)6-8-20/h3-10,12-13H,11,14H2,1-2H3,(H,25,29). The number of hydrogen-bond donors (Lipinski definition) is 1. The number of halogens is 1. The number of aromatic nitrogens is 3. The predicted octanol–water partition coefficient (Wildman–Crippen LogP) is 4.64. The number of carbonyl (C=O) groups excluding carboxylic acids is 1. The van der Waals surface area contributed by atoms with Gasteiger partial charge in [-0.1, -0.05) is 16.8 Å². The molecule has 1 N–H and O–H groups in total. The van der Waals surface area contributed by atoms with Gasteiger partial charge in [0.15, 0.2) is 0 Å². The number of hydrogen-bond acceptors (Lipinski definition) is 5. The van der Waals surface area contributed by atoms with E-state index in [1.165, 1.54) is 0 Å².